The van der Waals surface area contributed by atoms with Gasteiger partial charge < -0.3 is 19.5 Å². The van der Waals surface area contributed by atoms with Crippen LogP contribution in [0.5, 0.6) is 17.2 Å². The summed E-state index contributed by atoms with van der Waals surface area (Å²) in [6, 6.07) is 11.2. The van der Waals surface area contributed by atoms with Crippen molar-refractivity contribution in [3.05, 3.63) is 48.0 Å². The molecule has 0 saturated heterocycles. The van der Waals surface area contributed by atoms with Crippen LogP contribution in [0, 0.1) is 0 Å². The van der Waals surface area contributed by atoms with E-state index in [-0.39, 0.29) is 17.5 Å². The van der Waals surface area contributed by atoms with Gasteiger partial charge >= 0.3 is 0 Å². The van der Waals surface area contributed by atoms with Gasteiger partial charge in [-0.3, -0.25) is 4.79 Å². The third kappa shape index (κ3) is 5.11. The number of hydrogen-bond donors (Lipinski definition) is 1. The minimum absolute atomic E-state index is 0.0910. The molecule has 0 saturated carbocycles. The predicted molar refractivity (Wildman–Crippen MR) is 116 cm³/mol. The van der Waals surface area contributed by atoms with E-state index in [4.69, 9.17) is 14.2 Å². The lowest BCUT2D eigenvalue weighted by Gasteiger charge is -2.38. The number of carbonyl (C=O) groups excluding carboxylic acids is 1. The minimum atomic E-state index is -3.82. The van der Waals surface area contributed by atoms with E-state index in [0.29, 0.717) is 23.7 Å². The first-order valence-electron chi connectivity index (χ1n) is 9.82. The summed E-state index contributed by atoms with van der Waals surface area (Å²) in [5.74, 6) is 1.45. The van der Waals surface area contributed by atoms with Crippen LogP contribution in [0.2, 0.25) is 0 Å². The first-order chi connectivity index (χ1) is 14.6. The lowest BCUT2D eigenvalue weighted by molar-refractivity contribution is -0.122. The molecule has 1 aliphatic heterocycles. The molecule has 1 N–H and O–H groups in total. The number of likely N-dealkylation sites (N-methyl/N-ethyl adjacent to an activating group) is 1. The number of benzene rings is 2. The Kier molecular flexibility index (Phi) is 6.47. The summed E-state index contributed by atoms with van der Waals surface area (Å²) in [6.45, 7) is 3.57. The lowest BCUT2D eigenvalue weighted by Crippen LogP contribution is -2.44. The van der Waals surface area contributed by atoms with Crippen LogP contribution in [0.4, 0.5) is 0 Å². The third-order valence-electron chi connectivity index (χ3n) is 5.15. The Hall–Kier alpha value is -2.78. The number of ether oxygens (including phenoxy) is 3. The van der Waals surface area contributed by atoms with Crippen molar-refractivity contribution in [2.24, 2.45) is 0 Å². The van der Waals surface area contributed by atoms with Crippen LogP contribution in [0.3, 0.4) is 0 Å². The van der Waals surface area contributed by atoms with Crippen LogP contribution < -0.4 is 19.5 Å². The summed E-state index contributed by atoms with van der Waals surface area (Å²) in [4.78, 5) is 12.8. The number of fused-ring (bicyclic) bond motifs is 1. The Morgan fingerprint density at radius 3 is 2.35 bits per heavy atom. The first-order valence-corrected chi connectivity index (χ1v) is 11.3. The van der Waals surface area contributed by atoms with Crippen LogP contribution in [-0.2, 0) is 14.8 Å². The number of rotatable bonds is 7. The van der Waals surface area contributed by atoms with Gasteiger partial charge in [-0.1, -0.05) is 0 Å². The van der Waals surface area contributed by atoms with Crippen molar-refractivity contribution >= 4 is 15.9 Å². The molecule has 9 heteroatoms. The van der Waals surface area contributed by atoms with Crippen LogP contribution in [0.25, 0.3) is 0 Å². The lowest BCUT2D eigenvalue weighted by atomic mass is 9.89. The normalized spacial score (nSPS) is 17.4. The number of carbonyl (C=O) groups is 1. The van der Waals surface area contributed by atoms with E-state index in [2.05, 4.69) is 5.32 Å². The number of hydrogen-bond acceptors (Lipinski definition) is 6. The Bertz CT molecular complexity index is 1050. The van der Waals surface area contributed by atoms with Gasteiger partial charge in [0.1, 0.15) is 22.8 Å². The molecule has 1 unspecified atom stereocenters. The maximum absolute atomic E-state index is 12.8. The van der Waals surface area contributed by atoms with E-state index >= 15 is 0 Å². The van der Waals surface area contributed by atoms with Crippen molar-refractivity contribution < 1.29 is 27.4 Å². The Morgan fingerprint density at radius 1 is 1.13 bits per heavy atom. The fraction of sp³-hybridized carbons (Fsp3) is 0.409. The number of sulfonamides is 1. The molecule has 0 bridgehead atoms. The molecule has 2 aromatic rings. The molecular weight excluding hydrogens is 420 g/mol. The first kappa shape index (κ1) is 22.9. The fourth-order valence-corrected chi connectivity index (χ4v) is 4.67. The summed E-state index contributed by atoms with van der Waals surface area (Å²) in [6.07, 6.45) is 0.549. The second-order valence-electron chi connectivity index (χ2n) is 8.03. The van der Waals surface area contributed by atoms with Crippen LogP contribution in [-0.4, -0.2) is 52.0 Å². The zero-order chi connectivity index (χ0) is 22.8. The van der Waals surface area contributed by atoms with Gasteiger partial charge in [-0.25, -0.2) is 8.42 Å². The average molecular weight is 449 g/mol. The monoisotopic (exact) mass is 448 g/mol. The largest absolute Gasteiger partial charge is 0.497 e. The van der Waals surface area contributed by atoms with E-state index in [1.54, 1.807) is 31.4 Å². The maximum atomic E-state index is 12.8. The standard InChI is InChI=1S/C22H28N2O6S/c1-22(2)13-19(18-11-8-16(29-5)12-20(18)30-22)23-21(25)14-24(3)31(26,27)17-9-6-15(28-4)7-10-17/h6-12,19H,13-14H2,1-5H3,(H,23,25). The molecule has 1 atom stereocenters. The minimum Gasteiger partial charge on any atom is -0.497 e. The average Bonchev–Trinajstić information content (AvgIpc) is 2.72. The molecule has 8 nitrogen and oxygen atoms in total. The molecule has 0 aliphatic carbocycles. The Balaban J connectivity index is 1.74. The van der Waals surface area contributed by atoms with Crippen LogP contribution in [0.1, 0.15) is 31.9 Å². The van der Waals surface area contributed by atoms with Gasteiger partial charge in [0, 0.05) is 25.1 Å². The molecule has 0 fully saturated rings. The number of nitrogens with one attached hydrogen (secondary N) is 1. The Labute approximate surface area is 183 Å². The Morgan fingerprint density at radius 2 is 1.74 bits per heavy atom. The summed E-state index contributed by atoms with van der Waals surface area (Å²) >= 11 is 0. The number of nitrogens with zero attached hydrogens (tertiary/aromatic N) is 1. The number of methoxy groups -OCH3 is 2. The smallest absolute Gasteiger partial charge is 0.243 e. The van der Waals surface area contributed by atoms with Crippen molar-refractivity contribution in [3.63, 3.8) is 0 Å². The van der Waals surface area contributed by atoms with Gasteiger partial charge in [-0.2, -0.15) is 4.31 Å². The van der Waals surface area contributed by atoms with E-state index in [1.807, 2.05) is 19.9 Å². The molecule has 1 amide bonds. The molecule has 0 spiro atoms. The van der Waals surface area contributed by atoms with E-state index in [0.717, 1.165) is 9.87 Å². The zero-order valence-electron chi connectivity index (χ0n) is 18.3. The highest BCUT2D eigenvalue weighted by molar-refractivity contribution is 7.89. The molecule has 1 aliphatic rings. The van der Waals surface area contributed by atoms with Gasteiger partial charge in [-0.15, -0.1) is 0 Å². The summed E-state index contributed by atoms with van der Waals surface area (Å²) in [7, 11) is 0.648. The van der Waals surface area contributed by atoms with E-state index in [9.17, 15) is 13.2 Å². The SMILES string of the molecule is COc1ccc(S(=O)(=O)N(C)CC(=O)NC2CC(C)(C)Oc3cc(OC)ccc32)cc1. The van der Waals surface area contributed by atoms with Gasteiger partial charge in [0.2, 0.25) is 15.9 Å². The summed E-state index contributed by atoms with van der Waals surface area (Å²) in [5.41, 5.74) is 0.326. The molecule has 31 heavy (non-hydrogen) atoms. The van der Waals surface area contributed by atoms with Gasteiger partial charge in [0.25, 0.3) is 0 Å². The zero-order valence-corrected chi connectivity index (χ0v) is 19.2. The molecule has 3 rings (SSSR count). The van der Waals surface area contributed by atoms with Gasteiger partial charge in [0.15, 0.2) is 0 Å². The topological polar surface area (TPSA) is 94.2 Å². The van der Waals surface area contributed by atoms with Gasteiger partial charge in [0.05, 0.1) is 31.7 Å². The highest BCUT2D eigenvalue weighted by atomic mass is 32.2. The second kappa shape index (κ2) is 8.76. The molecular formula is C22H28N2O6S. The predicted octanol–water partition coefficient (Wildman–Crippen LogP) is 2.74. The van der Waals surface area contributed by atoms with Crippen molar-refractivity contribution in [3.8, 4) is 17.2 Å². The van der Waals surface area contributed by atoms with Crippen molar-refractivity contribution in [2.75, 3.05) is 27.8 Å². The summed E-state index contributed by atoms with van der Waals surface area (Å²) < 4.78 is 43.0. The van der Waals surface area contributed by atoms with Crippen molar-refractivity contribution in [1.82, 2.24) is 9.62 Å². The van der Waals surface area contributed by atoms with Crippen molar-refractivity contribution in [2.45, 2.75) is 36.8 Å². The molecule has 0 aromatic heterocycles. The number of amides is 1. The molecule has 0 radical (unpaired) electrons. The van der Waals surface area contributed by atoms with Crippen molar-refractivity contribution in [1.29, 1.82) is 0 Å². The van der Waals surface area contributed by atoms with Crippen LogP contribution >= 0.6 is 0 Å². The molecule has 1 heterocycles. The van der Waals surface area contributed by atoms with E-state index < -0.39 is 21.5 Å². The maximum Gasteiger partial charge on any atom is 0.243 e. The quantitative estimate of drug-likeness (QED) is 0.700. The fourth-order valence-electron chi connectivity index (χ4n) is 3.54. The van der Waals surface area contributed by atoms with Crippen LogP contribution in [0.15, 0.2) is 47.4 Å². The molecule has 2 aromatic carbocycles. The van der Waals surface area contributed by atoms with E-state index in [1.165, 1.54) is 26.3 Å². The highest BCUT2D eigenvalue weighted by Gasteiger charge is 2.35. The third-order valence-corrected chi connectivity index (χ3v) is 6.96. The second-order valence-corrected chi connectivity index (χ2v) is 10.1. The van der Waals surface area contributed by atoms with Gasteiger partial charge in [-0.05, 0) is 50.2 Å². The summed E-state index contributed by atoms with van der Waals surface area (Å²) in [5, 5.41) is 2.96. The molecule has 168 valence electrons. The highest BCUT2D eigenvalue weighted by Crippen LogP contribution is 2.41.